The summed E-state index contributed by atoms with van der Waals surface area (Å²) in [6.07, 6.45) is 0. The Kier molecular flexibility index (Phi) is 4.04. The zero-order chi connectivity index (χ0) is 13.2. The number of hydrogen-bond acceptors (Lipinski definition) is 5. The van der Waals surface area contributed by atoms with Crippen LogP contribution in [-0.4, -0.2) is 58.4 Å². The number of nitrogens with zero attached hydrogens (tertiary/aromatic N) is 3. The van der Waals surface area contributed by atoms with Gasteiger partial charge in [0.15, 0.2) is 5.76 Å². The molecule has 1 saturated heterocycles. The highest BCUT2D eigenvalue weighted by atomic mass is 16.5. The molecule has 18 heavy (non-hydrogen) atoms. The molecule has 0 spiro atoms. The van der Waals surface area contributed by atoms with Crippen LogP contribution < -0.4 is 0 Å². The molecule has 0 atom stereocenters. The Morgan fingerprint density at radius 3 is 2.39 bits per heavy atom. The van der Waals surface area contributed by atoms with E-state index in [4.69, 9.17) is 4.52 Å². The highest BCUT2D eigenvalue weighted by molar-refractivity contribution is 5.03. The second-order valence-electron chi connectivity index (χ2n) is 5.80. The van der Waals surface area contributed by atoms with Crippen LogP contribution in [0.5, 0.6) is 0 Å². The zero-order valence-electron chi connectivity index (χ0n) is 11.5. The third kappa shape index (κ3) is 4.08. The van der Waals surface area contributed by atoms with Gasteiger partial charge >= 0.3 is 0 Å². The Balaban J connectivity index is 1.77. The Morgan fingerprint density at radius 2 is 1.89 bits per heavy atom. The van der Waals surface area contributed by atoms with Crippen molar-refractivity contribution in [2.24, 2.45) is 0 Å². The quantitative estimate of drug-likeness (QED) is 0.863. The van der Waals surface area contributed by atoms with Gasteiger partial charge in [0.2, 0.25) is 0 Å². The van der Waals surface area contributed by atoms with E-state index in [-0.39, 0.29) is 0 Å². The SMILES string of the molecule is Cc1cc(CN2CCN(CC(C)(C)O)CC2)on1. The van der Waals surface area contributed by atoms with Gasteiger partial charge in [0.25, 0.3) is 0 Å². The molecular weight excluding hydrogens is 230 g/mol. The molecule has 1 aromatic heterocycles. The lowest BCUT2D eigenvalue weighted by Gasteiger charge is -2.36. The number of aliphatic hydroxyl groups is 1. The lowest BCUT2D eigenvalue weighted by atomic mass is 10.1. The summed E-state index contributed by atoms with van der Waals surface area (Å²) in [5.74, 6) is 0.934. The van der Waals surface area contributed by atoms with Gasteiger partial charge in [0.1, 0.15) is 0 Å². The molecule has 1 aliphatic rings. The van der Waals surface area contributed by atoms with Crippen molar-refractivity contribution in [3.05, 3.63) is 17.5 Å². The van der Waals surface area contributed by atoms with Crippen LogP contribution in [0, 0.1) is 6.92 Å². The summed E-state index contributed by atoms with van der Waals surface area (Å²) in [4.78, 5) is 4.67. The second kappa shape index (κ2) is 5.38. The number of rotatable bonds is 4. The first-order valence-electron chi connectivity index (χ1n) is 6.52. The summed E-state index contributed by atoms with van der Waals surface area (Å²) in [6.45, 7) is 11.2. The van der Waals surface area contributed by atoms with Crippen LogP contribution in [-0.2, 0) is 6.54 Å². The van der Waals surface area contributed by atoms with Crippen LogP contribution >= 0.6 is 0 Å². The van der Waals surface area contributed by atoms with Crippen LogP contribution in [0.25, 0.3) is 0 Å². The summed E-state index contributed by atoms with van der Waals surface area (Å²) >= 11 is 0. The van der Waals surface area contributed by atoms with Crippen molar-refractivity contribution < 1.29 is 9.63 Å². The third-order valence-electron chi connectivity index (χ3n) is 3.13. The van der Waals surface area contributed by atoms with Crippen molar-refractivity contribution in [1.82, 2.24) is 15.0 Å². The molecule has 1 N–H and O–H groups in total. The zero-order valence-corrected chi connectivity index (χ0v) is 11.5. The van der Waals surface area contributed by atoms with E-state index in [1.165, 1.54) is 0 Å². The van der Waals surface area contributed by atoms with E-state index < -0.39 is 5.60 Å². The van der Waals surface area contributed by atoms with Gasteiger partial charge in [0.05, 0.1) is 17.8 Å². The fraction of sp³-hybridized carbons (Fsp3) is 0.769. The molecule has 1 aliphatic heterocycles. The Hall–Kier alpha value is -0.910. The van der Waals surface area contributed by atoms with E-state index in [1.54, 1.807) is 0 Å². The van der Waals surface area contributed by atoms with Crippen molar-refractivity contribution in [3.63, 3.8) is 0 Å². The van der Waals surface area contributed by atoms with Gasteiger partial charge < -0.3 is 9.63 Å². The summed E-state index contributed by atoms with van der Waals surface area (Å²) in [7, 11) is 0. The van der Waals surface area contributed by atoms with Crippen LogP contribution in [0.3, 0.4) is 0 Å². The average molecular weight is 253 g/mol. The lowest BCUT2D eigenvalue weighted by molar-refractivity contribution is 0.0156. The lowest BCUT2D eigenvalue weighted by Crippen LogP contribution is -2.50. The van der Waals surface area contributed by atoms with E-state index in [2.05, 4.69) is 15.0 Å². The van der Waals surface area contributed by atoms with Crippen molar-refractivity contribution in [3.8, 4) is 0 Å². The first-order chi connectivity index (χ1) is 8.42. The van der Waals surface area contributed by atoms with Crippen molar-refractivity contribution in [1.29, 1.82) is 0 Å². The molecule has 0 bridgehead atoms. The van der Waals surface area contributed by atoms with Crippen LogP contribution in [0.4, 0.5) is 0 Å². The molecule has 0 amide bonds. The molecule has 0 aliphatic carbocycles. The highest BCUT2D eigenvalue weighted by Crippen LogP contribution is 2.12. The average Bonchev–Trinajstić information content (AvgIpc) is 2.65. The van der Waals surface area contributed by atoms with E-state index in [0.29, 0.717) is 0 Å². The van der Waals surface area contributed by atoms with Gasteiger partial charge in [-0.1, -0.05) is 5.16 Å². The number of piperazine rings is 1. The van der Waals surface area contributed by atoms with E-state index in [9.17, 15) is 5.11 Å². The van der Waals surface area contributed by atoms with E-state index >= 15 is 0 Å². The Bertz CT molecular complexity index is 376. The maximum Gasteiger partial charge on any atom is 0.150 e. The molecule has 1 aromatic rings. The predicted molar refractivity (Wildman–Crippen MR) is 69.3 cm³/mol. The minimum absolute atomic E-state index is 0.607. The summed E-state index contributed by atoms with van der Waals surface area (Å²) in [6, 6.07) is 1.99. The maximum absolute atomic E-state index is 9.80. The molecule has 0 radical (unpaired) electrons. The normalized spacial score (nSPS) is 19.3. The number of aromatic nitrogens is 1. The summed E-state index contributed by atoms with van der Waals surface area (Å²) in [5, 5.41) is 13.7. The van der Waals surface area contributed by atoms with Gasteiger partial charge in [-0.25, -0.2) is 0 Å². The fourth-order valence-electron chi connectivity index (χ4n) is 2.36. The fourth-order valence-corrected chi connectivity index (χ4v) is 2.36. The minimum Gasteiger partial charge on any atom is -0.389 e. The molecule has 2 heterocycles. The topological polar surface area (TPSA) is 52.7 Å². The molecule has 2 rings (SSSR count). The third-order valence-corrected chi connectivity index (χ3v) is 3.13. The molecule has 0 aromatic carbocycles. The number of hydrogen-bond donors (Lipinski definition) is 1. The Morgan fingerprint density at radius 1 is 1.28 bits per heavy atom. The monoisotopic (exact) mass is 253 g/mol. The van der Waals surface area contributed by atoms with Crippen molar-refractivity contribution in [2.75, 3.05) is 32.7 Å². The summed E-state index contributed by atoms with van der Waals surface area (Å²) in [5.41, 5.74) is 0.329. The first kappa shape index (κ1) is 13.5. The van der Waals surface area contributed by atoms with E-state index in [1.807, 2.05) is 26.8 Å². The van der Waals surface area contributed by atoms with Crippen molar-refractivity contribution in [2.45, 2.75) is 32.9 Å². The summed E-state index contributed by atoms with van der Waals surface area (Å²) < 4.78 is 5.23. The largest absolute Gasteiger partial charge is 0.389 e. The molecule has 5 nitrogen and oxygen atoms in total. The smallest absolute Gasteiger partial charge is 0.150 e. The van der Waals surface area contributed by atoms with Gasteiger partial charge in [-0.3, -0.25) is 9.80 Å². The molecular formula is C13H23N3O2. The minimum atomic E-state index is -0.607. The molecule has 0 saturated carbocycles. The molecule has 0 unspecified atom stereocenters. The van der Waals surface area contributed by atoms with Crippen molar-refractivity contribution >= 4 is 0 Å². The standard InChI is InChI=1S/C13H23N3O2/c1-11-8-12(18-14-11)9-15-4-6-16(7-5-15)10-13(2,3)17/h8,17H,4-7,9-10H2,1-3H3. The molecule has 102 valence electrons. The maximum atomic E-state index is 9.80. The van der Waals surface area contributed by atoms with Gasteiger partial charge in [-0.2, -0.15) is 0 Å². The van der Waals surface area contributed by atoms with E-state index in [0.717, 1.165) is 50.7 Å². The van der Waals surface area contributed by atoms with Gasteiger partial charge in [0, 0.05) is 38.8 Å². The second-order valence-corrected chi connectivity index (χ2v) is 5.80. The number of aryl methyl sites for hydroxylation is 1. The molecule has 1 fully saturated rings. The Labute approximate surface area is 108 Å². The number of β-amino-alcohol motifs (C(OH)–C–C–N with tert-alkyl or cyclic N) is 1. The highest BCUT2D eigenvalue weighted by Gasteiger charge is 2.23. The van der Waals surface area contributed by atoms with Crippen LogP contribution in [0.2, 0.25) is 0 Å². The predicted octanol–water partition coefficient (Wildman–Crippen LogP) is 0.872. The molecule has 5 heteroatoms. The van der Waals surface area contributed by atoms with Crippen LogP contribution in [0.1, 0.15) is 25.3 Å². The van der Waals surface area contributed by atoms with Crippen LogP contribution in [0.15, 0.2) is 10.6 Å². The van der Waals surface area contributed by atoms with Gasteiger partial charge in [-0.05, 0) is 20.8 Å². The first-order valence-corrected chi connectivity index (χ1v) is 6.52. The van der Waals surface area contributed by atoms with Gasteiger partial charge in [-0.15, -0.1) is 0 Å².